The first-order chi connectivity index (χ1) is 13.9. The number of aliphatic hydroxyl groups is 1. The number of H-pyrrole nitrogens is 1. The molecule has 4 rings (SSSR count). The average Bonchev–Trinajstić information content (AvgIpc) is 3.37. The quantitative estimate of drug-likeness (QED) is 0.285. The van der Waals surface area contributed by atoms with Crippen molar-refractivity contribution in [2.45, 2.75) is 4.90 Å². The van der Waals surface area contributed by atoms with Crippen molar-refractivity contribution >= 4 is 44.1 Å². The highest BCUT2D eigenvalue weighted by molar-refractivity contribution is 7.90. The van der Waals surface area contributed by atoms with Crippen LogP contribution in [-0.4, -0.2) is 38.5 Å². The molecule has 0 radical (unpaired) electrons. The number of halogens is 1. The molecular weight excluding hydrogens is 416 g/mol. The van der Waals surface area contributed by atoms with E-state index in [-0.39, 0.29) is 21.8 Å². The number of benzene rings is 2. The van der Waals surface area contributed by atoms with Crippen molar-refractivity contribution in [2.24, 2.45) is 0 Å². The number of allylic oxidation sites excluding steroid dienone is 1. The lowest BCUT2D eigenvalue weighted by atomic mass is 10.1. The zero-order valence-electron chi connectivity index (χ0n) is 14.7. The van der Waals surface area contributed by atoms with Crippen LogP contribution in [0.1, 0.15) is 16.2 Å². The topological polar surface area (TPSA) is 118 Å². The molecule has 0 saturated carbocycles. The number of hydrogen-bond donors (Lipinski definition) is 2. The Morgan fingerprint density at radius 1 is 1.17 bits per heavy atom. The maximum atomic E-state index is 13.1. The molecule has 0 aliphatic carbocycles. The summed E-state index contributed by atoms with van der Waals surface area (Å²) in [7, 11) is -3.96. The first-order valence-corrected chi connectivity index (χ1v) is 10.1. The summed E-state index contributed by atoms with van der Waals surface area (Å²) in [5, 5.41) is 17.3. The summed E-state index contributed by atoms with van der Waals surface area (Å²) < 4.78 is 27.3. The van der Waals surface area contributed by atoms with Crippen molar-refractivity contribution in [1.29, 1.82) is 0 Å². The van der Waals surface area contributed by atoms with Gasteiger partial charge in [0.25, 0.3) is 10.0 Å². The molecule has 146 valence electrons. The number of carbonyl (C=O) groups is 1. The lowest BCUT2D eigenvalue weighted by Gasteiger charge is -2.07. The Kier molecular flexibility index (Phi) is 4.69. The molecule has 2 N–H and O–H groups in total. The molecule has 0 amide bonds. The second-order valence-corrected chi connectivity index (χ2v) is 8.30. The van der Waals surface area contributed by atoms with Gasteiger partial charge in [-0.15, -0.1) is 0 Å². The van der Waals surface area contributed by atoms with E-state index >= 15 is 0 Å². The Morgan fingerprint density at radius 3 is 2.62 bits per heavy atom. The van der Waals surface area contributed by atoms with Crippen molar-refractivity contribution in [1.82, 2.24) is 19.2 Å². The largest absolute Gasteiger partial charge is 0.507 e. The molecule has 2 heterocycles. The molecule has 0 atom stereocenters. The molecule has 0 aliphatic rings. The van der Waals surface area contributed by atoms with Crippen molar-refractivity contribution in [3.05, 3.63) is 83.5 Å². The van der Waals surface area contributed by atoms with E-state index in [9.17, 15) is 18.3 Å². The number of hydrogen-bond acceptors (Lipinski definition) is 6. The van der Waals surface area contributed by atoms with Crippen LogP contribution in [0.15, 0.2) is 72.0 Å². The molecule has 0 aliphatic heterocycles. The van der Waals surface area contributed by atoms with Crippen molar-refractivity contribution in [3.8, 4) is 0 Å². The monoisotopic (exact) mass is 428 g/mol. The van der Waals surface area contributed by atoms with Crippen LogP contribution in [0.4, 0.5) is 0 Å². The molecule has 0 bridgehead atoms. The second-order valence-electron chi connectivity index (χ2n) is 6.05. The van der Waals surface area contributed by atoms with Crippen molar-refractivity contribution in [2.75, 3.05) is 0 Å². The predicted molar refractivity (Wildman–Crippen MR) is 107 cm³/mol. The minimum absolute atomic E-state index is 0.0553. The first-order valence-electron chi connectivity index (χ1n) is 8.30. The number of aliphatic hydroxyl groups excluding tert-OH is 1. The molecule has 2 aromatic heterocycles. The third-order valence-corrected chi connectivity index (χ3v) is 6.15. The van der Waals surface area contributed by atoms with Crippen LogP contribution in [0.3, 0.4) is 0 Å². The minimum atomic E-state index is -3.96. The molecule has 0 unspecified atom stereocenters. The lowest BCUT2D eigenvalue weighted by Crippen LogP contribution is -2.11. The fraction of sp³-hybridized carbons (Fsp3) is 0. The van der Waals surface area contributed by atoms with E-state index < -0.39 is 21.6 Å². The zero-order chi connectivity index (χ0) is 20.6. The van der Waals surface area contributed by atoms with Crippen LogP contribution in [-0.2, 0) is 10.0 Å². The number of carbonyl (C=O) groups excluding carboxylic acids is 1. The fourth-order valence-corrected chi connectivity index (χ4v) is 4.42. The standard InChI is InChI=1S/C19H13ClN4O4S/c20-12-6-7-14-15(17(25)9-18(26)19-21-11-22-23-19)10-24(16(14)8-12)29(27,28)13-4-2-1-3-5-13/h1-11,25H,(H,21,22,23)/b17-9-. The molecule has 10 heteroatoms. The predicted octanol–water partition coefficient (Wildman–Crippen LogP) is 3.43. The van der Waals surface area contributed by atoms with Gasteiger partial charge in [0.1, 0.15) is 12.1 Å². The Bertz CT molecular complexity index is 1340. The molecule has 29 heavy (non-hydrogen) atoms. The summed E-state index contributed by atoms with van der Waals surface area (Å²) in [5.74, 6) is -1.08. The normalized spacial score (nSPS) is 12.4. The van der Waals surface area contributed by atoms with Gasteiger partial charge < -0.3 is 5.11 Å². The van der Waals surface area contributed by atoms with Gasteiger partial charge in [-0.05, 0) is 24.3 Å². The Morgan fingerprint density at radius 2 is 1.93 bits per heavy atom. The Hall–Kier alpha value is -3.43. The van der Waals surface area contributed by atoms with Gasteiger partial charge in [-0.25, -0.2) is 17.4 Å². The van der Waals surface area contributed by atoms with Gasteiger partial charge in [-0.3, -0.25) is 9.89 Å². The smallest absolute Gasteiger partial charge is 0.268 e. The molecule has 0 fully saturated rings. The van der Waals surface area contributed by atoms with E-state index in [0.29, 0.717) is 10.4 Å². The Balaban J connectivity index is 1.90. The molecule has 8 nitrogen and oxygen atoms in total. The van der Waals surface area contributed by atoms with Gasteiger partial charge in [0.05, 0.1) is 10.4 Å². The van der Waals surface area contributed by atoms with Gasteiger partial charge >= 0.3 is 0 Å². The molecule has 4 aromatic rings. The number of rotatable bonds is 5. The summed E-state index contributed by atoms with van der Waals surface area (Å²) >= 11 is 6.07. The summed E-state index contributed by atoms with van der Waals surface area (Å²) in [5.41, 5.74) is 0.424. The number of aromatic nitrogens is 4. The zero-order valence-corrected chi connectivity index (χ0v) is 16.2. The highest BCUT2D eigenvalue weighted by Gasteiger charge is 2.23. The maximum Gasteiger partial charge on any atom is 0.268 e. The summed E-state index contributed by atoms with van der Waals surface area (Å²) in [6.45, 7) is 0. The third-order valence-electron chi connectivity index (χ3n) is 4.23. The van der Waals surface area contributed by atoms with Crippen LogP contribution in [0.2, 0.25) is 5.02 Å². The van der Waals surface area contributed by atoms with Gasteiger partial charge in [0.15, 0.2) is 5.82 Å². The maximum absolute atomic E-state index is 13.1. The summed E-state index contributed by atoms with van der Waals surface area (Å²) in [6, 6.07) is 12.5. The molecule has 2 aromatic carbocycles. The van der Waals surface area contributed by atoms with E-state index in [1.807, 2.05) is 0 Å². The molecular formula is C19H13ClN4O4S. The lowest BCUT2D eigenvalue weighted by molar-refractivity contribution is 0.103. The van der Waals surface area contributed by atoms with Crippen LogP contribution in [0.25, 0.3) is 16.7 Å². The van der Waals surface area contributed by atoms with Crippen LogP contribution in [0, 0.1) is 0 Å². The van der Waals surface area contributed by atoms with Gasteiger partial charge in [0, 0.05) is 28.2 Å². The minimum Gasteiger partial charge on any atom is -0.507 e. The van der Waals surface area contributed by atoms with Gasteiger partial charge in [-0.1, -0.05) is 35.9 Å². The Labute approximate surface area is 170 Å². The van der Waals surface area contributed by atoms with E-state index in [0.717, 1.165) is 10.0 Å². The number of aromatic amines is 1. The summed E-state index contributed by atoms with van der Waals surface area (Å²) in [4.78, 5) is 16.0. The fourth-order valence-electron chi connectivity index (χ4n) is 2.87. The van der Waals surface area contributed by atoms with Crippen LogP contribution >= 0.6 is 11.6 Å². The number of nitrogens with zero attached hydrogens (tertiary/aromatic N) is 3. The molecule has 0 spiro atoms. The third kappa shape index (κ3) is 3.41. The molecule has 0 saturated heterocycles. The highest BCUT2D eigenvalue weighted by atomic mass is 35.5. The van der Waals surface area contributed by atoms with E-state index in [2.05, 4.69) is 15.2 Å². The van der Waals surface area contributed by atoms with E-state index in [1.165, 1.54) is 30.7 Å². The number of ketones is 1. The van der Waals surface area contributed by atoms with Crippen LogP contribution in [0.5, 0.6) is 0 Å². The van der Waals surface area contributed by atoms with Gasteiger partial charge in [-0.2, -0.15) is 5.10 Å². The highest BCUT2D eigenvalue weighted by Crippen LogP contribution is 2.31. The number of fused-ring (bicyclic) bond motifs is 1. The SMILES string of the molecule is O=C(/C=C(\O)c1cn(S(=O)(=O)c2ccccc2)c2cc(Cl)ccc12)c1ncn[nH]1. The van der Waals surface area contributed by atoms with E-state index in [1.54, 1.807) is 30.3 Å². The summed E-state index contributed by atoms with van der Waals surface area (Å²) in [6.07, 6.45) is 3.37. The number of nitrogens with one attached hydrogen (secondary N) is 1. The van der Waals surface area contributed by atoms with Crippen molar-refractivity contribution < 1.29 is 18.3 Å². The second kappa shape index (κ2) is 7.19. The van der Waals surface area contributed by atoms with E-state index in [4.69, 9.17) is 11.6 Å². The first kappa shape index (κ1) is 18.9. The average molecular weight is 429 g/mol. The van der Waals surface area contributed by atoms with Crippen molar-refractivity contribution in [3.63, 3.8) is 0 Å². The van der Waals surface area contributed by atoms with Gasteiger partial charge in [0.2, 0.25) is 5.78 Å². The van der Waals surface area contributed by atoms with Crippen LogP contribution < -0.4 is 0 Å².